The number of benzene rings is 1. The lowest BCUT2D eigenvalue weighted by Crippen LogP contribution is -2.00. The van der Waals surface area contributed by atoms with E-state index in [2.05, 4.69) is 15.5 Å². The molecule has 0 bridgehead atoms. The fourth-order valence-corrected chi connectivity index (χ4v) is 1.74. The van der Waals surface area contributed by atoms with Gasteiger partial charge < -0.3 is 5.32 Å². The van der Waals surface area contributed by atoms with Crippen molar-refractivity contribution < 1.29 is 4.39 Å². The lowest BCUT2D eigenvalue weighted by atomic mass is 10.1. The van der Waals surface area contributed by atoms with Crippen LogP contribution >= 0.6 is 0 Å². The third-order valence-corrected chi connectivity index (χ3v) is 2.99. The van der Waals surface area contributed by atoms with E-state index in [4.69, 9.17) is 0 Å². The highest BCUT2D eigenvalue weighted by molar-refractivity contribution is 5.63. The molecular weight excluding hydrogens is 217 g/mol. The molecule has 0 spiro atoms. The molecule has 0 radical (unpaired) electrons. The number of hydrogen-bond acceptors (Lipinski definition) is 2. The molecular formula is C13H14FN3. The summed E-state index contributed by atoms with van der Waals surface area (Å²) in [5, 5.41) is 10.4. The predicted octanol–water partition coefficient (Wildman–Crippen LogP) is 3.10. The second kappa shape index (κ2) is 3.87. The number of aromatic amines is 1. The number of rotatable bonds is 3. The van der Waals surface area contributed by atoms with Crippen molar-refractivity contribution in [2.24, 2.45) is 0 Å². The summed E-state index contributed by atoms with van der Waals surface area (Å²) in [7, 11) is 0. The Balaban J connectivity index is 1.86. The van der Waals surface area contributed by atoms with Gasteiger partial charge in [0.05, 0.1) is 5.69 Å². The average Bonchev–Trinajstić information content (AvgIpc) is 2.99. The summed E-state index contributed by atoms with van der Waals surface area (Å²) in [6.45, 7) is 1.76. The summed E-state index contributed by atoms with van der Waals surface area (Å²) in [4.78, 5) is 0. The van der Waals surface area contributed by atoms with Crippen LogP contribution in [0.4, 0.5) is 10.2 Å². The van der Waals surface area contributed by atoms with Crippen LogP contribution in [0.3, 0.4) is 0 Å². The first-order valence-corrected chi connectivity index (χ1v) is 5.81. The molecule has 0 aliphatic heterocycles. The number of H-pyrrole nitrogens is 1. The molecule has 0 atom stereocenters. The van der Waals surface area contributed by atoms with Gasteiger partial charge in [0.15, 0.2) is 0 Å². The van der Waals surface area contributed by atoms with Gasteiger partial charge in [0, 0.05) is 17.7 Å². The van der Waals surface area contributed by atoms with Crippen LogP contribution in [0.25, 0.3) is 11.3 Å². The van der Waals surface area contributed by atoms with Crippen LogP contribution in [0.2, 0.25) is 0 Å². The van der Waals surface area contributed by atoms with Crippen LogP contribution in [0.15, 0.2) is 24.3 Å². The molecule has 3 nitrogen and oxygen atoms in total. The number of aromatic nitrogens is 2. The van der Waals surface area contributed by atoms with Crippen molar-refractivity contribution in [1.29, 1.82) is 0 Å². The quantitative estimate of drug-likeness (QED) is 0.852. The van der Waals surface area contributed by atoms with Crippen LogP contribution in [0.1, 0.15) is 18.4 Å². The smallest absolute Gasteiger partial charge is 0.148 e. The molecule has 0 amide bonds. The van der Waals surface area contributed by atoms with E-state index in [0.29, 0.717) is 11.6 Å². The molecule has 1 saturated carbocycles. The first kappa shape index (κ1) is 10.3. The minimum Gasteiger partial charge on any atom is -0.366 e. The molecule has 1 aliphatic carbocycles. The molecule has 3 rings (SSSR count). The Hall–Kier alpha value is -1.84. The van der Waals surface area contributed by atoms with Gasteiger partial charge in [-0.1, -0.05) is 12.1 Å². The summed E-state index contributed by atoms with van der Waals surface area (Å²) in [6, 6.07) is 7.69. The van der Waals surface area contributed by atoms with Gasteiger partial charge in [0.25, 0.3) is 0 Å². The Morgan fingerprint density at radius 2 is 2.18 bits per heavy atom. The second-order valence-electron chi connectivity index (χ2n) is 4.55. The highest BCUT2D eigenvalue weighted by Gasteiger charge is 2.21. The van der Waals surface area contributed by atoms with E-state index in [1.165, 1.54) is 18.9 Å². The second-order valence-corrected chi connectivity index (χ2v) is 4.55. The van der Waals surface area contributed by atoms with Crippen molar-refractivity contribution >= 4 is 5.82 Å². The van der Waals surface area contributed by atoms with Crippen molar-refractivity contribution in [2.75, 3.05) is 5.32 Å². The average molecular weight is 231 g/mol. The van der Waals surface area contributed by atoms with E-state index in [0.717, 1.165) is 17.1 Å². The van der Waals surface area contributed by atoms with E-state index in [1.807, 2.05) is 12.1 Å². The number of aryl methyl sites for hydroxylation is 1. The first-order valence-electron chi connectivity index (χ1n) is 5.81. The van der Waals surface area contributed by atoms with Crippen molar-refractivity contribution in [3.05, 3.63) is 35.6 Å². The fourth-order valence-electron chi connectivity index (χ4n) is 1.74. The van der Waals surface area contributed by atoms with E-state index in [9.17, 15) is 4.39 Å². The minimum absolute atomic E-state index is 0.186. The molecule has 1 heterocycles. The zero-order valence-electron chi connectivity index (χ0n) is 9.63. The molecule has 1 aliphatic rings. The largest absolute Gasteiger partial charge is 0.366 e. The molecule has 1 aromatic heterocycles. The lowest BCUT2D eigenvalue weighted by Gasteiger charge is -2.00. The van der Waals surface area contributed by atoms with Gasteiger partial charge >= 0.3 is 0 Å². The number of nitrogens with one attached hydrogen (secondary N) is 2. The third kappa shape index (κ3) is 2.16. The van der Waals surface area contributed by atoms with Gasteiger partial charge in [0.2, 0.25) is 0 Å². The number of halogens is 1. The van der Waals surface area contributed by atoms with Crippen LogP contribution in [0.5, 0.6) is 0 Å². The van der Waals surface area contributed by atoms with Gasteiger partial charge in [-0.3, -0.25) is 5.10 Å². The zero-order chi connectivity index (χ0) is 11.8. The summed E-state index contributed by atoms with van der Waals surface area (Å²) >= 11 is 0. The van der Waals surface area contributed by atoms with Crippen LogP contribution < -0.4 is 5.32 Å². The van der Waals surface area contributed by atoms with E-state index in [1.54, 1.807) is 13.0 Å². The number of nitrogens with zero attached hydrogens (tertiary/aromatic N) is 1. The molecule has 4 heteroatoms. The molecule has 0 saturated heterocycles. The standard InChI is InChI=1S/C13H14FN3/c1-8-2-3-9(6-11(8)14)12-7-13(17-16-12)15-10-4-5-10/h2-3,6-7,10H,4-5H2,1H3,(H2,15,16,17). The van der Waals surface area contributed by atoms with Gasteiger partial charge in [-0.25, -0.2) is 4.39 Å². The Labute approximate surface area is 99.1 Å². The Morgan fingerprint density at radius 3 is 2.88 bits per heavy atom. The Kier molecular flexibility index (Phi) is 2.35. The molecule has 88 valence electrons. The highest BCUT2D eigenvalue weighted by Crippen LogP contribution is 2.26. The summed E-state index contributed by atoms with van der Waals surface area (Å²) in [6.07, 6.45) is 2.42. The van der Waals surface area contributed by atoms with Gasteiger partial charge in [-0.15, -0.1) is 0 Å². The third-order valence-electron chi connectivity index (χ3n) is 2.99. The van der Waals surface area contributed by atoms with E-state index >= 15 is 0 Å². The number of anilines is 1. The fraction of sp³-hybridized carbons (Fsp3) is 0.308. The zero-order valence-corrected chi connectivity index (χ0v) is 9.63. The maximum absolute atomic E-state index is 13.4. The molecule has 17 heavy (non-hydrogen) atoms. The maximum atomic E-state index is 13.4. The highest BCUT2D eigenvalue weighted by atomic mass is 19.1. The maximum Gasteiger partial charge on any atom is 0.148 e. The van der Waals surface area contributed by atoms with E-state index in [-0.39, 0.29) is 5.82 Å². The van der Waals surface area contributed by atoms with Crippen LogP contribution in [-0.4, -0.2) is 16.2 Å². The number of hydrogen-bond donors (Lipinski definition) is 2. The van der Waals surface area contributed by atoms with Gasteiger partial charge in [-0.2, -0.15) is 5.10 Å². The van der Waals surface area contributed by atoms with Crippen molar-refractivity contribution in [2.45, 2.75) is 25.8 Å². The van der Waals surface area contributed by atoms with Crippen molar-refractivity contribution in [1.82, 2.24) is 10.2 Å². The summed E-state index contributed by atoms with van der Waals surface area (Å²) < 4.78 is 13.4. The topological polar surface area (TPSA) is 40.7 Å². The van der Waals surface area contributed by atoms with Gasteiger partial charge in [0.1, 0.15) is 11.6 Å². The minimum atomic E-state index is -0.186. The SMILES string of the molecule is Cc1ccc(-c2cc(NC3CC3)n[nH]2)cc1F. The Bertz CT molecular complexity index is 543. The normalized spacial score (nSPS) is 14.9. The summed E-state index contributed by atoms with van der Waals surface area (Å²) in [5.41, 5.74) is 2.32. The molecule has 2 N–H and O–H groups in total. The molecule has 1 aromatic carbocycles. The van der Waals surface area contributed by atoms with Crippen LogP contribution in [-0.2, 0) is 0 Å². The summed E-state index contributed by atoms with van der Waals surface area (Å²) in [5.74, 6) is 0.650. The first-order chi connectivity index (χ1) is 8.22. The molecule has 2 aromatic rings. The van der Waals surface area contributed by atoms with Crippen molar-refractivity contribution in [3.63, 3.8) is 0 Å². The molecule has 0 unspecified atom stereocenters. The lowest BCUT2D eigenvalue weighted by molar-refractivity contribution is 0.619. The van der Waals surface area contributed by atoms with Crippen LogP contribution in [0, 0.1) is 12.7 Å². The van der Waals surface area contributed by atoms with Crippen molar-refractivity contribution in [3.8, 4) is 11.3 Å². The van der Waals surface area contributed by atoms with Gasteiger partial charge in [-0.05, 0) is 31.4 Å². The molecule has 1 fully saturated rings. The predicted molar refractivity (Wildman–Crippen MR) is 65.4 cm³/mol. The Morgan fingerprint density at radius 1 is 1.35 bits per heavy atom. The van der Waals surface area contributed by atoms with E-state index < -0.39 is 0 Å². The monoisotopic (exact) mass is 231 g/mol.